The molecule has 2 aliphatic carbocycles. The number of nitrogens with one attached hydrogen (secondary N) is 1. The monoisotopic (exact) mass is 290 g/mol. The average molecular weight is 290 g/mol. The maximum Gasteiger partial charge on any atom is 0.0338 e. The maximum absolute atomic E-state index is 3.99. The van der Waals surface area contributed by atoms with E-state index < -0.39 is 0 Å². The third-order valence-electron chi connectivity index (χ3n) is 6.35. The van der Waals surface area contributed by atoms with Crippen LogP contribution in [0.4, 0.5) is 0 Å². The molecule has 2 heteroatoms. The Morgan fingerprint density at radius 2 is 1.76 bits per heavy atom. The summed E-state index contributed by atoms with van der Waals surface area (Å²) in [5, 5.41) is 3.99. The molecule has 1 spiro atoms. The molecule has 1 atom stereocenters. The number of allylic oxidation sites excluding steroid dienone is 1. The van der Waals surface area contributed by atoms with Crippen LogP contribution < -0.4 is 5.32 Å². The molecule has 0 aromatic heterocycles. The van der Waals surface area contributed by atoms with Crippen molar-refractivity contribution in [2.45, 2.75) is 82.7 Å². The van der Waals surface area contributed by atoms with E-state index in [9.17, 15) is 0 Å². The van der Waals surface area contributed by atoms with Gasteiger partial charge in [-0.25, -0.2) is 0 Å². The fraction of sp³-hybridized carbons (Fsp3) is 0.895. The molecule has 0 aromatic carbocycles. The molecule has 0 bridgehead atoms. The number of piperazine rings is 1. The van der Waals surface area contributed by atoms with E-state index in [0.717, 1.165) is 12.0 Å². The normalized spacial score (nSPS) is 32.0. The first-order chi connectivity index (χ1) is 10.3. The Morgan fingerprint density at radius 3 is 2.48 bits per heavy atom. The number of hydrogen-bond donors (Lipinski definition) is 1. The third kappa shape index (κ3) is 3.53. The largest absolute Gasteiger partial charge is 0.311 e. The van der Waals surface area contributed by atoms with Gasteiger partial charge in [0.05, 0.1) is 0 Å². The molecule has 0 amide bonds. The molecular formula is C19H34N2. The molecule has 3 rings (SSSR count). The molecule has 0 radical (unpaired) electrons. The molecule has 1 saturated heterocycles. The van der Waals surface area contributed by atoms with E-state index in [0.29, 0.717) is 5.54 Å². The van der Waals surface area contributed by atoms with Crippen LogP contribution in [0.2, 0.25) is 0 Å². The lowest BCUT2D eigenvalue weighted by atomic mass is 9.75. The van der Waals surface area contributed by atoms with Crippen molar-refractivity contribution in [1.29, 1.82) is 0 Å². The van der Waals surface area contributed by atoms with E-state index in [2.05, 4.69) is 29.3 Å². The summed E-state index contributed by atoms with van der Waals surface area (Å²) in [6.45, 7) is 5.86. The predicted molar refractivity (Wildman–Crippen MR) is 90.6 cm³/mol. The van der Waals surface area contributed by atoms with Crippen LogP contribution >= 0.6 is 0 Å². The van der Waals surface area contributed by atoms with Gasteiger partial charge in [0, 0.05) is 31.2 Å². The van der Waals surface area contributed by atoms with Gasteiger partial charge in [-0.3, -0.25) is 4.90 Å². The molecule has 2 nitrogen and oxygen atoms in total. The number of hydrogen-bond acceptors (Lipinski definition) is 2. The molecule has 2 saturated carbocycles. The topological polar surface area (TPSA) is 15.3 Å². The minimum absolute atomic E-state index is 0.475. The van der Waals surface area contributed by atoms with Crippen LogP contribution in [0.5, 0.6) is 0 Å². The molecule has 1 unspecified atom stereocenters. The molecule has 1 heterocycles. The highest BCUT2D eigenvalue weighted by Gasteiger charge is 2.43. The summed E-state index contributed by atoms with van der Waals surface area (Å²) in [6.07, 6.45) is 19.1. The maximum atomic E-state index is 3.99. The predicted octanol–water partition coefficient (Wildman–Crippen LogP) is 4.12. The second-order valence-electron chi connectivity index (χ2n) is 7.64. The zero-order valence-corrected chi connectivity index (χ0v) is 13.9. The summed E-state index contributed by atoms with van der Waals surface area (Å²) in [7, 11) is 0. The first-order valence-corrected chi connectivity index (χ1v) is 9.44. The SMILES string of the molecule is C/C=C/CN1CC(C2CCCCC2)NCC12CCCCC2. The molecule has 120 valence electrons. The van der Waals surface area contributed by atoms with Crippen molar-refractivity contribution < 1.29 is 0 Å². The minimum atomic E-state index is 0.475. The molecule has 1 N–H and O–H groups in total. The van der Waals surface area contributed by atoms with E-state index in [-0.39, 0.29) is 0 Å². The summed E-state index contributed by atoms with van der Waals surface area (Å²) in [6, 6.07) is 0.753. The van der Waals surface area contributed by atoms with Crippen molar-refractivity contribution in [3.8, 4) is 0 Å². The van der Waals surface area contributed by atoms with Gasteiger partial charge < -0.3 is 5.32 Å². The van der Waals surface area contributed by atoms with Crippen LogP contribution in [0.15, 0.2) is 12.2 Å². The summed E-state index contributed by atoms with van der Waals surface area (Å²) in [4.78, 5) is 2.85. The van der Waals surface area contributed by atoms with E-state index in [1.54, 1.807) is 0 Å². The molecule has 3 fully saturated rings. The Bertz CT molecular complexity index is 337. The third-order valence-corrected chi connectivity index (χ3v) is 6.35. The van der Waals surface area contributed by atoms with Gasteiger partial charge in [0.15, 0.2) is 0 Å². The Morgan fingerprint density at radius 1 is 1.05 bits per heavy atom. The van der Waals surface area contributed by atoms with Crippen LogP contribution in [0.3, 0.4) is 0 Å². The zero-order valence-electron chi connectivity index (χ0n) is 13.9. The smallest absolute Gasteiger partial charge is 0.0338 e. The van der Waals surface area contributed by atoms with Gasteiger partial charge in [-0.2, -0.15) is 0 Å². The van der Waals surface area contributed by atoms with E-state index in [1.165, 1.54) is 83.8 Å². The van der Waals surface area contributed by atoms with Crippen molar-refractivity contribution in [3.63, 3.8) is 0 Å². The highest BCUT2D eigenvalue weighted by atomic mass is 15.3. The fourth-order valence-corrected chi connectivity index (χ4v) is 4.98. The first-order valence-electron chi connectivity index (χ1n) is 9.44. The van der Waals surface area contributed by atoms with Crippen LogP contribution in [0, 0.1) is 5.92 Å². The fourth-order valence-electron chi connectivity index (χ4n) is 4.98. The second kappa shape index (κ2) is 7.28. The van der Waals surface area contributed by atoms with Crippen LogP contribution in [0.25, 0.3) is 0 Å². The van der Waals surface area contributed by atoms with Crippen molar-refractivity contribution in [1.82, 2.24) is 10.2 Å². The number of rotatable bonds is 3. The summed E-state index contributed by atoms with van der Waals surface area (Å²) in [5.41, 5.74) is 0.475. The lowest BCUT2D eigenvalue weighted by Crippen LogP contribution is -2.66. The Labute approximate surface area is 131 Å². The van der Waals surface area contributed by atoms with Crippen molar-refractivity contribution in [2.24, 2.45) is 5.92 Å². The molecule has 3 aliphatic rings. The molecule has 21 heavy (non-hydrogen) atoms. The van der Waals surface area contributed by atoms with Gasteiger partial charge in [-0.1, -0.05) is 50.7 Å². The highest BCUT2D eigenvalue weighted by Crippen LogP contribution is 2.37. The van der Waals surface area contributed by atoms with E-state index >= 15 is 0 Å². The lowest BCUT2D eigenvalue weighted by molar-refractivity contribution is 0.00438. The minimum Gasteiger partial charge on any atom is -0.311 e. The summed E-state index contributed by atoms with van der Waals surface area (Å²) in [5.74, 6) is 0.938. The number of nitrogens with zero attached hydrogens (tertiary/aromatic N) is 1. The molecular weight excluding hydrogens is 256 g/mol. The second-order valence-corrected chi connectivity index (χ2v) is 7.64. The van der Waals surface area contributed by atoms with Gasteiger partial charge in [-0.15, -0.1) is 0 Å². The van der Waals surface area contributed by atoms with Gasteiger partial charge >= 0.3 is 0 Å². The Hall–Kier alpha value is -0.340. The molecule has 0 aromatic rings. The van der Waals surface area contributed by atoms with Crippen molar-refractivity contribution >= 4 is 0 Å². The molecule has 1 aliphatic heterocycles. The van der Waals surface area contributed by atoms with Gasteiger partial charge in [0.25, 0.3) is 0 Å². The Balaban J connectivity index is 1.67. The first kappa shape index (κ1) is 15.6. The van der Waals surface area contributed by atoms with Gasteiger partial charge in [-0.05, 0) is 38.5 Å². The lowest BCUT2D eigenvalue weighted by Gasteiger charge is -2.53. The van der Waals surface area contributed by atoms with E-state index in [1.807, 2.05) is 0 Å². The van der Waals surface area contributed by atoms with E-state index in [4.69, 9.17) is 0 Å². The van der Waals surface area contributed by atoms with Crippen LogP contribution in [-0.2, 0) is 0 Å². The highest BCUT2D eigenvalue weighted by molar-refractivity contribution is 5.03. The summed E-state index contributed by atoms with van der Waals surface area (Å²) >= 11 is 0. The van der Waals surface area contributed by atoms with Gasteiger partial charge in [0.2, 0.25) is 0 Å². The van der Waals surface area contributed by atoms with Crippen LogP contribution in [-0.4, -0.2) is 36.1 Å². The zero-order chi connectivity index (χ0) is 14.5. The standard InChI is InChI=1S/C19H34N2/c1-2-3-14-21-15-18(17-10-6-4-7-11-17)20-16-19(21)12-8-5-9-13-19/h2-3,17-18,20H,4-16H2,1H3/b3-2+. The van der Waals surface area contributed by atoms with Crippen molar-refractivity contribution in [2.75, 3.05) is 19.6 Å². The van der Waals surface area contributed by atoms with Gasteiger partial charge in [0.1, 0.15) is 0 Å². The average Bonchev–Trinajstić information content (AvgIpc) is 2.56. The summed E-state index contributed by atoms with van der Waals surface area (Å²) < 4.78 is 0. The Kier molecular flexibility index (Phi) is 5.39. The van der Waals surface area contributed by atoms with Crippen LogP contribution in [0.1, 0.15) is 71.1 Å². The van der Waals surface area contributed by atoms with Crippen molar-refractivity contribution in [3.05, 3.63) is 12.2 Å². The quantitative estimate of drug-likeness (QED) is 0.787.